The summed E-state index contributed by atoms with van der Waals surface area (Å²) >= 11 is 1.40. The molecule has 0 N–H and O–H groups in total. The fourth-order valence-corrected chi connectivity index (χ4v) is 4.67. The molecule has 9 heteroatoms. The number of para-hydroxylation sites is 2. The van der Waals surface area contributed by atoms with Crippen LogP contribution in [0, 0.1) is 0 Å². The third-order valence-electron chi connectivity index (χ3n) is 5.54. The van der Waals surface area contributed by atoms with Crippen LogP contribution in [-0.2, 0) is 11.3 Å². The molecule has 8 nitrogen and oxygen atoms in total. The average molecular weight is 500 g/mol. The van der Waals surface area contributed by atoms with E-state index in [2.05, 4.69) is 10.1 Å². The first kappa shape index (κ1) is 23.3. The van der Waals surface area contributed by atoms with E-state index in [0.29, 0.717) is 38.7 Å². The predicted octanol–water partition coefficient (Wildman–Crippen LogP) is 4.88. The Morgan fingerprint density at radius 2 is 1.67 bits per heavy atom. The van der Waals surface area contributed by atoms with Crippen LogP contribution in [0.25, 0.3) is 27.0 Å². The molecule has 2 aromatic heterocycles. The molecule has 0 aliphatic heterocycles. The molecule has 2 heterocycles. The van der Waals surface area contributed by atoms with Gasteiger partial charge in [0.1, 0.15) is 11.6 Å². The van der Waals surface area contributed by atoms with Crippen molar-refractivity contribution < 1.29 is 19.0 Å². The molecule has 0 spiro atoms. The summed E-state index contributed by atoms with van der Waals surface area (Å²) in [7, 11) is 3.15. The Hall–Kier alpha value is -4.50. The van der Waals surface area contributed by atoms with Crippen molar-refractivity contribution in [1.29, 1.82) is 0 Å². The van der Waals surface area contributed by atoms with Gasteiger partial charge in [0.2, 0.25) is 0 Å². The first-order valence-corrected chi connectivity index (χ1v) is 11.9. The quantitative estimate of drug-likeness (QED) is 0.295. The molecule has 0 atom stereocenters. The average Bonchev–Trinajstić information content (AvgIpc) is 3.41. The lowest BCUT2D eigenvalue weighted by atomic mass is 10.1. The highest BCUT2D eigenvalue weighted by atomic mass is 32.1. The summed E-state index contributed by atoms with van der Waals surface area (Å²) in [5.74, 6) is 0.533. The van der Waals surface area contributed by atoms with E-state index in [1.165, 1.54) is 16.0 Å². The fourth-order valence-electron chi connectivity index (χ4n) is 3.84. The van der Waals surface area contributed by atoms with Crippen molar-refractivity contribution in [2.75, 3.05) is 14.2 Å². The smallest absolute Gasteiger partial charge is 0.359 e. The summed E-state index contributed by atoms with van der Waals surface area (Å²) in [5, 5.41) is 7.69. The predicted molar refractivity (Wildman–Crippen MR) is 137 cm³/mol. The van der Waals surface area contributed by atoms with E-state index in [9.17, 15) is 9.59 Å². The summed E-state index contributed by atoms with van der Waals surface area (Å²) in [4.78, 5) is 30.8. The number of ether oxygens (including phenoxy) is 3. The largest absolute Gasteiger partial charge is 0.493 e. The van der Waals surface area contributed by atoms with Gasteiger partial charge in [-0.2, -0.15) is 9.78 Å². The molecule has 0 radical (unpaired) electrons. The van der Waals surface area contributed by atoms with Crippen LogP contribution in [0.4, 0.5) is 0 Å². The molecule has 0 fully saturated rings. The van der Waals surface area contributed by atoms with Gasteiger partial charge in [-0.15, -0.1) is 11.3 Å². The Kier molecular flexibility index (Phi) is 6.46. The summed E-state index contributed by atoms with van der Waals surface area (Å²) in [6.45, 7) is -0.0535. The van der Waals surface area contributed by atoms with Gasteiger partial charge >= 0.3 is 5.97 Å². The maximum Gasteiger partial charge on any atom is 0.359 e. The van der Waals surface area contributed by atoms with Crippen molar-refractivity contribution in [3.63, 3.8) is 0 Å². The van der Waals surface area contributed by atoms with Crippen LogP contribution in [0.3, 0.4) is 0 Å². The van der Waals surface area contributed by atoms with Gasteiger partial charge in [-0.25, -0.2) is 9.78 Å². The fraction of sp³-hybridized carbons (Fsp3) is 0.111. The summed E-state index contributed by atoms with van der Waals surface area (Å²) in [6.07, 6.45) is 0. The molecular weight excluding hydrogens is 478 g/mol. The second kappa shape index (κ2) is 10.0. The molecule has 0 aliphatic carbocycles. The van der Waals surface area contributed by atoms with E-state index >= 15 is 0 Å². The number of fused-ring (bicyclic) bond motifs is 1. The zero-order valence-corrected chi connectivity index (χ0v) is 20.3. The van der Waals surface area contributed by atoms with Crippen molar-refractivity contribution >= 4 is 28.1 Å². The van der Waals surface area contributed by atoms with E-state index in [4.69, 9.17) is 14.2 Å². The maximum absolute atomic E-state index is 13.1. The highest BCUT2D eigenvalue weighted by Crippen LogP contribution is 2.39. The second-order valence-corrected chi connectivity index (χ2v) is 8.57. The third-order valence-corrected chi connectivity index (χ3v) is 6.46. The van der Waals surface area contributed by atoms with E-state index in [1.54, 1.807) is 62.8 Å². The molecule has 0 aliphatic rings. The summed E-state index contributed by atoms with van der Waals surface area (Å²) in [6, 6.07) is 21.4. The second-order valence-electron chi connectivity index (χ2n) is 7.71. The molecule has 0 saturated heterocycles. The number of rotatable bonds is 7. The minimum absolute atomic E-state index is 0.0535. The number of carbonyl (C=O) groups is 1. The molecule has 36 heavy (non-hydrogen) atoms. The van der Waals surface area contributed by atoms with Crippen LogP contribution < -0.4 is 15.0 Å². The molecule has 0 unspecified atom stereocenters. The summed E-state index contributed by atoms with van der Waals surface area (Å²) in [5.41, 5.74) is 1.65. The topological polar surface area (TPSA) is 92.5 Å². The Bertz CT molecular complexity index is 1610. The van der Waals surface area contributed by atoms with Crippen LogP contribution in [0.1, 0.15) is 16.2 Å². The first-order valence-electron chi connectivity index (χ1n) is 11.0. The number of aromatic nitrogens is 3. The highest BCUT2D eigenvalue weighted by molar-refractivity contribution is 7.13. The molecule has 3 aromatic carbocycles. The van der Waals surface area contributed by atoms with Gasteiger partial charge in [-0.05, 0) is 30.3 Å². The maximum atomic E-state index is 13.1. The van der Waals surface area contributed by atoms with Gasteiger partial charge in [0, 0.05) is 10.8 Å². The van der Waals surface area contributed by atoms with Crippen molar-refractivity contribution in [2.24, 2.45) is 0 Å². The number of carbonyl (C=O) groups excluding carboxylic acids is 1. The van der Waals surface area contributed by atoms with Crippen molar-refractivity contribution in [2.45, 2.75) is 6.61 Å². The van der Waals surface area contributed by atoms with Crippen LogP contribution in [-0.4, -0.2) is 35.0 Å². The molecule has 5 rings (SSSR count). The van der Waals surface area contributed by atoms with Crippen LogP contribution in [0.15, 0.2) is 83.0 Å². The zero-order chi connectivity index (χ0) is 25.1. The molecule has 180 valence electrons. The molecule has 5 aromatic rings. The first-order chi connectivity index (χ1) is 17.6. The van der Waals surface area contributed by atoms with Gasteiger partial charge in [-0.3, -0.25) is 4.79 Å². The minimum Gasteiger partial charge on any atom is -0.493 e. The van der Waals surface area contributed by atoms with Gasteiger partial charge < -0.3 is 14.2 Å². The number of nitrogens with zero attached hydrogens (tertiary/aromatic N) is 3. The van der Waals surface area contributed by atoms with Gasteiger partial charge in [0.05, 0.1) is 36.6 Å². The van der Waals surface area contributed by atoms with Crippen LogP contribution in [0.2, 0.25) is 0 Å². The third kappa shape index (κ3) is 4.32. The summed E-state index contributed by atoms with van der Waals surface area (Å²) < 4.78 is 17.7. The van der Waals surface area contributed by atoms with Crippen molar-refractivity contribution in [1.82, 2.24) is 14.8 Å². The number of benzene rings is 3. The minimum atomic E-state index is -0.649. The standard InChI is InChI=1S/C27H21N3O5S/c1-33-22-14-8-13-21(24(22)34-2)25-28-17(16-36-25)15-35-27(32)23-19-11-6-7-12-20(19)26(31)30(29-23)18-9-4-3-5-10-18/h3-14,16H,15H2,1-2H3. The zero-order valence-electron chi connectivity index (χ0n) is 19.5. The Balaban J connectivity index is 1.43. The van der Waals surface area contributed by atoms with Gasteiger partial charge in [-0.1, -0.05) is 42.5 Å². The van der Waals surface area contributed by atoms with Crippen molar-refractivity contribution in [3.05, 3.63) is 99.9 Å². The van der Waals surface area contributed by atoms with Crippen LogP contribution in [0.5, 0.6) is 11.5 Å². The Morgan fingerprint density at radius 3 is 2.42 bits per heavy atom. The number of esters is 1. The van der Waals surface area contributed by atoms with Crippen molar-refractivity contribution in [3.8, 4) is 27.8 Å². The van der Waals surface area contributed by atoms with Crippen LogP contribution >= 0.6 is 11.3 Å². The monoisotopic (exact) mass is 499 g/mol. The number of hydrogen-bond acceptors (Lipinski definition) is 8. The molecule has 0 bridgehead atoms. The lowest BCUT2D eigenvalue weighted by Crippen LogP contribution is -2.25. The Morgan fingerprint density at radius 1 is 0.917 bits per heavy atom. The van der Waals surface area contributed by atoms with Gasteiger partial charge in [0.25, 0.3) is 5.56 Å². The SMILES string of the molecule is COc1cccc(-c2nc(COC(=O)c3nn(-c4ccccc4)c(=O)c4ccccc34)cs2)c1OC. The van der Waals surface area contributed by atoms with E-state index in [-0.39, 0.29) is 17.9 Å². The number of methoxy groups -OCH3 is 2. The molecular formula is C27H21N3O5S. The van der Waals surface area contributed by atoms with E-state index < -0.39 is 5.97 Å². The highest BCUT2D eigenvalue weighted by Gasteiger charge is 2.20. The molecule has 0 saturated carbocycles. The number of thiazole rings is 1. The van der Waals surface area contributed by atoms with E-state index in [1.807, 2.05) is 29.6 Å². The normalized spacial score (nSPS) is 10.8. The lowest BCUT2D eigenvalue weighted by Gasteiger charge is -2.11. The Labute approximate surface area is 210 Å². The lowest BCUT2D eigenvalue weighted by molar-refractivity contribution is 0.0462. The molecule has 0 amide bonds. The number of hydrogen-bond donors (Lipinski definition) is 0. The van der Waals surface area contributed by atoms with Gasteiger partial charge in [0.15, 0.2) is 17.2 Å². The van der Waals surface area contributed by atoms with E-state index in [0.717, 1.165) is 5.56 Å².